The molecule has 2 aromatic rings. The molecule has 0 saturated heterocycles. The molecule has 0 fully saturated rings. The number of hydrogen-bond donors (Lipinski definition) is 1. The maximum Gasteiger partial charge on any atom is 0.125 e. The lowest BCUT2D eigenvalue weighted by Gasteiger charge is -2.17. The molecule has 2 nitrogen and oxygen atoms in total. The van der Waals surface area contributed by atoms with E-state index in [2.05, 4.69) is 5.32 Å². The maximum absolute atomic E-state index is 13.2. The van der Waals surface area contributed by atoms with Gasteiger partial charge in [-0.25, -0.2) is 4.39 Å². The predicted octanol–water partition coefficient (Wildman–Crippen LogP) is 4.32. The maximum atomic E-state index is 13.2. The molecule has 1 N–H and O–H groups in total. The molecule has 100 valence electrons. The van der Waals surface area contributed by atoms with E-state index < -0.39 is 0 Å². The fourth-order valence-electron chi connectivity index (χ4n) is 1.96. The molecule has 0 bridgehead atoms. The minimum absolute atomic E-state index is 0.103. The van der Waals surface area contributed by atoms with E-state index in [4.69, 9.17) is 4.74 Å². The molecule has 3 heteroatoms. The molecule has 0 heterocycles. The quantitative estimate of drug-likeness (QED) is 0.883. The molecule has 0 aliphatic heterocycles. The van der Waals surface area contributed by atoms with Crippen molar-refractivity contribution in [3.63, 3.8) is 0 Å². The first-order chi connectivity index (χ1) is 9.10. The minimum atomic E-state index is -0.227. The third kappa shape index (κ3) is 3.25. The first-order valence-corrected chi connectivity index (χ1v) is 6.27. The molecule has 0 spiro atoms. The molecule has 0 radical (unpaired) electrons. The van der Waals surface area contributed by atoms with Crippen molar-refractivity contribution in [2.24, 2.45) is 0 Å². The number of ether oxygens (including phenoxy) is 1. The standard InChI is InChI=1S/C16H18FNO/c1-11-4-7-14(17)10-16(11)18-12(2)13-5-8-15(19-3)9-6-13/h4-10,12,18H,1-3H3. The zero-order valence-electron chi connectivity index (χ0n) is 11.4. The lowest BCUT2D eigenvalue weighted by Crippen LogP contribution is -2.07. The third-order valence-electron chi connectivity index (χ3n) is 3.19. The summed E-state index contributed by atoms with van der Waals surface area (Å²) in [7, 11) is 1.65. The van der Waals surface area contributed by atoms with Gasteiger partial charge in [-0.2, -0.15) is 0 Å². The van der Waals surface area contributed by atoms with Crippen LogP contribution in [0.25, 0.3) is 0 Å². The van der Waals surface area contributed by atoms with Gasteiger partial charge in [-0.1, -0.05) is 18.2 Å². The number of nitrogens with one attached hydrogen (secondary N) is 1. The van der Waals surface area contributed by atoms with Gasteiger partial charge in [0.2, 0.25) is 0 Å². The Morgan fingerprint density at radius 3 is 2.42 bits per heavy atom. The topological polar surface area (TPSA) is 21.3 Å². The summed E-state index contributed by atoms with van der Waals surface area (Å²) in [5.41, 5.74) is 2.98. The molecule has 0 saturated carbocycles. The Hall–Kier alpha value is -2.03. The number of halogens is 1. The van der Waals surface area contributed by atoms with Crippen LogP contribution in [0.15, 0.2) is 42.5 Å². The van der Waals surface area contributed by atoms with Gasteiger partial charge >= 0.3 is 0 Å². The summed E-state index contributed by atoms with van der Waals surface area (Å²) < 4.78 is 18.4. The highest BCUT2D eigenvalue weighted by Crippen LogP contribution is 2.24. The van der Waals surface area contributed by atoms with Crippen molar-refractivity contribution in [3.8, 4) is 5.75 Å². The van der Waals surface area contributed by atoms with Crippen molar-refractivity contribution in [2.45, 2.75) is 19.9 Å². The smallest absolute Gasteiger partial charge is 0.125 e. The lowest BCUT2D eigenvalue weighted by atomic mass is 10.1. The van der Waals surface area contributed by atoms with Crippen LogP contribution in [-0.2, 0) is 0 Å². The SMILES string of the molecule is COc1ccc(C(C)Nc2cc(F)ccc2C)cc1. The van der Waals surface area contributed by atoms with Crippen molar-refractivity contribution < 1.29 is 9.13 Å². The molecule has 0 aromatic heterocycles. The zero-order valence-corrected chi connectivity index (χ0v) is 11.4. The van der Waals surface area contributed by atoms with Crippen LogP contribution < -0.4 is 10.1 Å². The van der Waals surface area contributed by atoms with Crippen molar-refractivity contribution in [2.75, 3.05) is 12.4 Å². The van der Waals surface area contributed by atoms with Crippen LogP contribution in [0.5, 0.6) is 5.75 Å². The van der Waals surface area contributed by atoms with E-state index in [9.17, 15) is 4.39 Å². The Bertz CT molecular complexity index is 551. The average Bonchev–Trinajstić information content (AvgIpc) is 2.43. The molecule has 1 atom stereocenters. The molecule has 0 aliphatic carbocycles. The summed E-state index contributed by atoms with van der Waals surface area (Å²) in [6, 6.07) is 12.7. The Labute approximate surface area is 113 Å². The highest BCUT2D eigenvalue weighted by atomic mass is 19.1. The fraction of sp³-hybridized carbons (Fsp3) is 0.250. The molecule has 2 rings (SSSR count). The Kier molecular flexibility index (Phi) is 4.05. The zero-order chi connectivity index (χ0) is 13.8. The van der Waals surface area contributed by atoms with Crippen LogP contribution in [0.4, 0.5) is 10.1 Å². The summed E-state index contributed by atoms with van der Waals surface area (Å²) in [6.45, 7) is 4.01. The van der Waals surface area contributed by atoms with Gasteiger partial charge in [0.1, 0.15) is 11.6 Å². The molecule has 0 aliphatic rings. The average molecular weight is 259 g/mol. The lowest BCUT2D eigenvalue weighted by molar-refractivity contribution is 0.414. The van der Waals surface area contributed by atoms with Crippen molar-refractivity contribution in [3.05, 3.63) is 59.4 Å². The van der Waals surface area contributed by atoms with E-state index in [-0.39, 0.29) is 11.9 Å². The van der Waals surface area contributed by atoms with Crippen molar-refractivity contribution in [1.29, 1.82) is 0 Å². The molecule has 19 heavy (non-hydrogen) atoms. The second-order valence-electron chi connectivity index (χ2n) is 4.60. The first-order valence-electron chi connectivity index (χ1n) is 6.27. The molecular weight excluding hydrogens is 241 g/mol. The second kappa shape index (κ2) is 5.74. The van der Waals surface area contributed by atoms with E-state index in [0.29, 0.717) is 0 Å². The molecular formula is C16H18FNO. The number of anilines is 1. The number of aryl methyl sites for hydroxylation is 1. The number of rotatable bonds is 4. The van der Waals surface area contributed by atoms with E-state index in [1.54, 1.807) is 13.2 Å². The van der Waals surface area contributed by atoms with Crippen molar-refractivity contribution >= 4 is 5.69 Å². The van der Waals surface area contributed by atoms with E-state index >= 15 is 0 Å². The summed E-state index contributed by atoms with van der Waals surface area (Å²) in [5, 5.41) is 3.32. The van der Waals surface area contributed by atoms with Crippen LogP contribution in [-0.4, -0.2) is 7.11 Å². The number of benzene rings is 2. The summed E-state index contributed by atoms with van der Waals surface area (Å²) >= 11 is 0. The van der Waals surface area contributed by atoms with Gasteiger partial charge in [-0.15, -0.1) is 0 Å². The Balaban J connectivity index is 2.15. The number of methoxy groups -OCH3 is 1. The normalized spacial score (nSPS) is 12.0. The molecule has 0 amide bonds. The Morgan fingerprint density at radius 1 is 1.11 bits per heavy atom. The van der Waals surface area contributed by atoms with Crippen LogP contribution in [0.2, 0.25) is 0 Å². The first kappa shape index (κ1) is 13.4. The monoisotopic (exact) mass is 259 g/mol. The van der Waals surface area contributed by atoms with Crippen molar-refractivity contribution in [1.82, 2.24) is 0 Å². The van der Waals surface area contributed by atoms with Crippen LogP contribution >= 0.6 is 0 Å². The summed E-state index contributed by atoms with van der Waals surface area (Å²) in [5.74, 6) is 0.605. The van der Waals surface area contributed by atoms with Crippen LogP contribution in [0.1, 0.15) is 24.1 Å². The Morgan fingerprint density at radius 2 is 1.79 bits per heavy atom. The highest BCUT2D eigenvalue weighted by molar-refractivity contribution is 5.52. The van der Waals surface area contributed by atoms with Gasteiger partial charge in [0.05, 0.1) is 7.11 Å². The van der Waals surface area contributed by atoms with Gasteiger partial charge in [-0.05, 0) is 49.2 Å². The largest absolute Gasteiger partial charge is 0.497 e. The predicted molar refractivity (Wildman–Crippen MR) is 76.2 cm³/mol. The van der Waals surface area contributed by atoms with E-state index in [0.717, 1.165) is 22.6 Å². The van der Waals surface area contributed by atoms with Gasteiger partial charge in [-0.3, -0.25) is 0 Å². The summed E-state index contributed by atoms with van der Waals surface area (Å²) in [6.07, 6.45) is 0. The highest BCUT2D eigenvalue weighted by Gasteiger charge is 2.07. The van der Waals surface area contributed by atoms with Gasteiger partial charge in [0.15, 0.2) is 0 Å². The van der Waals surface area contributed by atoms with Crippen LogP contribution in [0, 0.1) is 12.7 Å². The van der Waals surface area contributed by atoms with Gasteiger partial charge in [0, 0.05) is 11.7 Å². The van der Waals surface area contributed by atoms with E-state index in [1.807, 2.05) is 38.1 Å². The molecule has 1 unspecified atom stereocenters. The van der Waals surface area contributed by atoms with Gasteiger partial charge in [0.25, 0.3) is 0 Å². The third-order valence-corrected chi connectivity index (χ3v) is 3.19. The van der Waals surface area contributed by atoms with Crippen LogP contribution in [0.3, 0.4) is 0 Å². The minimum Gasteiger partial charge on any atom is -0.497 e. The van der Waals surface area contributed by atoms with Gasteiger partial charge < -0.3 is 10.1 Å². The fourth-order valence-corrected chi connectivity index (χ4v) is 1.96. The van der Waals surface area contributed by atoms with E-state index in [1.165, 1.54) is 12.1 Å². The molecule has 2 aromatic carbocycles. The second-order valence-corrected chi connectivity index (χ2v) is 4.60. The number of hydrogen-bond acceptors (Lipinski definition) is 2. The summed E-state index contributed by atoms with van der Waals surface area (Å²) in [4.78, 5) is 0.